The lowest BCUT2D eigenvalue weighted by atomic mass is 10.1. The molecule has 0 aromatic heterocycles. The maximum absolute atomic E-state index is 8.70. The van der Waals surface area contributed by atoms with Crippen LogP contribution in [0.4, 0.5) is 0 Å². The smallest absolute Gasteiger partial charge is 0.101 e. The fourth-order valence-electron chi connectivity index (χ4n) is 1.07. The van der Waals surface area contributed by atoms with Crippen molar-refractivity contribution >= 4 is 11.6 Å². The van der Waals surface area contributed by atoms with Crippen LogP contribution in [0.1, 0.15) is 16.7 Å². The number of hydrogen-bond donors (Lipinski definition) is 1. The van der Waals surface area contributed by atoms with E-state index in [0.29, 0.717) is 17.1 Å². The summed E-state index contributed by atoms with van der Waals surface area (Å²) in [5, 5.41) is 9.18. The maximum atomic E-state index is 8.70. The molecule has 0 aliphatic carbocycles. The summed E-state index contributed by atoms with van der Waals surface area (Å²) >= 11 is 5.84. The molecule has 0 aliphatic rings. The summed E-state index contributed by atoms with van der Waals surface area (Å²) in [5.41, 5.74) is 7.81. The van der Waals surface area contributed by atoms with Crippen molar-refractivity contribution in [2.45, 2.75) is 13.5 Å². The minimum absolute atomic E-state index is 0.451. The van der Waals surface area contributed by atoms with E-state index >= 15 is 0 Å². The second kappa shape index (κ2) is 3.57. The van der Waals surface area contributed by atoms with Crippen LogP contribution in [0, 0.1) is 18.3 Å². The molecular formula is C9H9ClN2. The molecule has 1 aromatic rings. The number of benzene rings is 1. The summed E-state index contributed by atoms with van der Waals surface area (Å²) in [6.45, 7) is 2.30. The molecule has 0 saturated carbocycles. The lowest BCUT2D eigenvalue weighted by molar-refractivity contribution is 1.06. The quantitative estimate of drug-likeness (QED) is 0.719. The number of aryl methyl sites for hydroxylation is 1. The van der Waals surface area contributed by atoms with Gasteiger partial charge in [0, 0.05) is 6.54 Å². The Balaban J connectivity index is 3.30. The molecule has 2 N–H and O–H groups in total. The van der Waals surface area contributed by atoms with Gasteiger partial charge in [-0.3, -0.25) is 0 Å². The normalized spacial score (nSPS) is 9.50. The zero-order valence-corrected chi connectivity index (χ0v) is 7.52. The Labute approximate surface area is 76.6 Å². The molecule has 62 valence electrons. The molecule has 0 heterocycles. The van der Waals surface area contributed by atoms with E-state index in [1.54, 1.807) is 6.07 Å². The molecule has 3 heteroatoms. The number of nitrogens with zero attached hydrogens (tertiary/aromatic N) is 1. The Hall–Kier alpha value is -1.04. The molecule has 0 aliphatic heterocycles. The van der Waals surface area contributed by atoms with Crippen LogP contribution in [-0.2, 0) is 6.54 Å². The van der Waals surface area contributed by atoms with Crippen molar-refractivity contribution in [3.8, 4) is 6.07 Å². The Morgan fingerprint density at radius 3 is 2.67 bits per heavy atom. The summed E-state index contributed by atoms with van der Waals surface area (Å²) in [5.74, 6) is 0. The zero-order chi connectivity index (χ0) is 9.14. The summed E-state index contributed by atoms with van der Waals surface area (Å²) in [6.07, 6.45) is 0. The highest BCUT2D eigenvalue weighted by molar-refractivity contribution is 6.31. The van der Waals surface area contributed by atoms with Crippen molar-refractivity contribution in [3.63, 3.8) is 0 Å². The lowest BCUT2D eigenvalue weighted by Crippen LogP contribution is -1.97. The largest absolute Gasteiger partial charge is 0.326 e. The van der Waals surface area contributed by atoms with Gasteiger partial charge in [0.1, 0.15) is 6.07 Å². The number of halogens is 1. The van der Waals surface area contributed by atoms with E-state index in [9.17, 15) is 0 Å². The van der Waals surface area contributed by atoms with E-state index in [4.69, 9.17) is 22.6 Å². The van der Waals surface area contributed by atoms with Crippen LogP contribution >= 0.6 is 11.6 Å². The van der Waals surface area contributed by atoms with Gasteiger partial charge in [-0.1, -0.05) is 17.7 Å². The molecule has 0 saturated heterocycles. The highest BCUT2D eigenvalue weighted by atomic mass is 35.5. The minimum atomic E-state index is 0.451. The van der Waals surface area contributed by atoms with Gasteiger partial charge in [0.25, 0.3) is 0 Å². The van der Waals surface area contributed by atoms with E-state index in [1.807, 2.05) is 19.1 Å². The van der Waals surface area contributed by atoms with Crippen LogP contribution in [-0.4, -0.2) is 0 Å². The monoisotopic (exact) mass is 180 g/mol. The van der Waals surface area contributed by atoms with Crippen molar-refractivity contribution in [1.82, 2.24) is 0 Å². The molecule has 0 radical (unpaired) electrons. The third-order valence-electron chi connectivity index (χ3n) is 1.69. The topological polar surface area (TPSA) is 49.8 Å². The second-order valence-electron chi connectivity index (χ2n) is 2.59. The van der Waals surface area contributed by atoms with Crippen molar-refractivity contribution in [2.75, 3.05) is 0 Å². The predicted molar refractivity (Wildman–Crippen MR) is 48.8 cm³/mol. The van der Waals surface area contributed by atoms with E-state index in [0.717, 1.165) is 11.1 Å². The molecule has 2 nitrogen and oxygen atoms in total. The molecule has 0 unspecified atom stereocenters. The SMILES string of the molecule is Cc1cc(CN)cc(Cl)c1C#N. The van der Waals surface area contributed by atoms with Gasteiger partial charge in [-0.15, -0.1) is 0 Å². The molecule has 0 fully saturated rings. The van der Waals surface area contributed by atoms with E-state index in [2.05, 4.69) is 0 Å². The van der Waals surface area contributed by atoms with Gasteiger partial charge in [-0.2, -0.15) is 5.26 Å². The second-order valence-corrected chi connectivity index (χ2v) is 2.99. The highest BCUT2D eigenvalue weighted by Crippen LogP contribution is 2.20. The first-order chi connectivity index (χ1) is 5.69. The van der Waals surface area contributed by atoms with Crippen molar-refractivity contribution in [2.24, 2.45) is 5.73 Å². The van der Waals surface area contributed by atoms with Crippen LogP contribution in [0.3, 0.4) is 0 Å². The Kier molecular flexibility index (Phi) is 2.69. The third kappa shape index (κ3) is 1.58. The van der Waals surface area contributed by atoms with Crippen molar-refractivity contribution in [1.29, 1.82) is 5.26 Å². The van der Waals surface area contributed by atoms with Gasteiger partial charge in [-0.05, 0) is 24.1 Å². The maximum Gasteiger partial charge on any atom is 0.101 e. The summed E-state index contributed by atoms with van der Waals surface area (Å²) < 4.78 is 0. The zero-order valence-electron chi connectivity index (χ0n) is 6.76. The number of rotatable bonds is 1. The van der Waals surface area contributed by atoms with E-state index in [1.165, 1.54) is 0 Å². The standard InChI is InChI=1S/C9H9ClN2/c1-6-2-7(4-11)3-9(10)8(6)5-12/h2-3H,4,11H2,1H3. The van der Waals surface area contributed by atoms with E-state index < -0.39 is 0 Å². The van der Waals surface area contributed by atoms with Crippen LogP contribution in [0.5, 0.6) is 0 Å². The average molecular weight is 181 g/mol. The van der Waals surface area contributed by atoms with Gasteiger partial charge in [0.05, 0.1) is 10.6 Å². The fourth-order valence-corrected chi connectivity index (χ4v) is 1.41. The van der Waals surface area contributed by atoms with Crippen LogP contribution < -0.4 is 5.73 Å². The number of nitriles is 1. The van der Waals surface area contributed by atoms with Crippen molar-refractivity contribution < 1.29 is 0 Å². The molecular weight excluding hydrogens is 172 g/mol. The summed E-state index contributed by atoms with van der Waals surface area (Å²) in [4.78, 5) is 0. The first-order valence-electron chi connectivity index (χ1n) is 3.58. The van der Waals surface area contributed by atoms with Gasteiger partial charge >= 0.3 is 0 Å². The Morgan fingerprint density at radius 1 is 1.58 bits per heavy atom. The first-order valence-corrected chi connectivity index (χ1v) is 3.96. The van der Waals surface area contributed by atoms with Gasteiger partial charge < -0.3 is 5.73 Å². The van der Waals surface area contributed by atoms with Gasteiger partial charge in [0.2, 0.25) is 0 Å². The van der Waals surface area contributed by atoms with E-state index in [-0.39, 0.29) is 0 Å². The Bertz CT molecular complexity index is 316. The minimum Gasteiger partial charge on any atom is -0.326 e. The number of hydrogen-bond acceptors (Lipinski definition) is 2. The van der Waals surface area contributed by atoms with Crippen molar-refractivity contribution in [3.05, 3.63) is 33.8 Å². The number of nitrogens with two attached hydrogens (primary N) is 1. The predicted octanol–water partition coefficient (Wildman–Crippen LogP) is 1.98. The molecule has 0 amide bonds. The molecule has 1 aromatic carbocycles. The fraction of sp³-hybridized carbons (Fsp3) is 0.222. The molecule has 0 bridgehead atoms. The van der Waals surface area contributed by atoms with Crippen LogP contribution in [0.15, 0.2) is 12.1 Å². The molecule has 12 heavy (non-hydrogen) atoms. The molecule has 0 atom stereocenters. The summed E-state index contributed by atoms with van der Waals surface area (Å²) in [7, 11) is 0. The Morgan fingerprint density at radius 2 is 2.25 bits per heavy atom. The average Bonchev–Trinajstić information content (AvgIpc) is 2.03. The highest BCUT2D eigenvalue weighted by Gasteiger charge is 2.04. The van der Waals surface area contributed by atoms with Crippen LogP contribution in [0.2, 0.25) is 5.02 Å². The molecule has 1 rings (SSSR count). The molecule has 0 spiro atoms. The summed E-state index contributed by atoms with van der Waals surface area (Å²) in [6, 6.07) is 5.65. The third-order valence-corrected chi connectivity index (χ3v) is 1.99. The first kappa shape index (κ1) is 9.05. The van der Waals surface area contributed by atoms with Crippen LogP contribution in [0.25, 0.3) is 0 Å². The van der Waals surface area contributed by atoms with Gasteiger partial charge in [-0.25, -0.2) is 0 Å². The van der Waals surface area contributed by atoms with Gasteiger partial charge in [0.15, 0.2) is 0 Å². The lowest BCUT2D eigenvalue weighted by Gasteiger charge is -2.03.